The molecule has 0 aliphatic carbocycles. The van der Waals surface area contributed by atoms with E-state index in [-0.39, 0.29) is 0 Å². The molecular weight excluding hydrogens is 311 g/mol. The van der Waals surface area contributed by atoms with Crippen molar-refractivity contribution >= 4 is 28.5 Å². The zero-order valence-electron chi connectivity index (χ0n) is 12.5. The van der Waals surface area contributed by atoms with Crippen LogP contribution in [0.1, 0.15) is 10.4 Å². The number of nitrogens with one attached hydrogen (secondary N) is 1. The maximum Gasteiger partial charge on any atom is 0.340 e. The van der Waals surface area contributed by atoms with Gasteiger partial charge in [0.2, 0.25) is 0 Å². The van der Waals surface area contributed by atoms with Crippen molar-refractivity contribution in [3.8, 4) is 0 Å². The molecule has 5 nitrogen and oxygen atoms in total. The summed E-state index contributed by atoms with van der Waals surface area (Å²) in [6.45, 7) is -0.445. The number of halogens is 1. The molecule has 6 heteroatoms. The highest BCUT2D eigenvalue weighted by molar-refractivity contribution is 6.03. The van der Waals surface area contributed by atoms with Gasteiger partial charge in [-0.05, 0) is 36.4 Å². The fraction of sp³-hybridized carbons (Fsp3) is 0.0556. The predicted octanol–water partition coefficient (Wildman–Crippen LogP) is 3.17. The minimum Gasteiger partial charge on any atom is -0.452 e. The molecule has 3 aromatic rings. The van der Waals surface area contributed by atoms with Crippen molar-refractivity contribution in [2.45, 2.75) is 0 Å². The Labute approximate surface area is 137 Å². The van der Waals surface area contributed by atoms with Gasteiger partial charge in [0, 0.05) is 17.3 Å². The Morgan fingerprint density at radius 2 is 1.79 bits per heavy atom. The number of carbonyl (C=O) groups is 2. The molecule has 0 bridgehead atoms. The Hall–Kier alpha value is -3.28. The molecule has 0 unspecified atom stereocenters. The van der Waals surface area contributed by atoms with E-state index in [1.807, 2.05) is 12.1 Å². The maximum absolute atomic E-state index is 12.8. The average molecular weight is 324 g/mol. The van der Waals surface area contributed by atoms with Crippen molar-refractivity contribution in [1.82, 2.24) is 4.98 Å². The van der Waals surface area contributed by atoms with Gasteiger partial charge < -0.3 is 10.1 Å². The summed E-state index contributed by atoms with van der Waals surface area (Å²) >= 11 is 0. The lowest BCUT2D eigenvalue weighted by atomic mass is 10.1. The Bertz CT molecular complexity index is 889. The fourth-order valence-corrected chi connectivity index (χ4v) is 2.21. The zero-order valence-corrected chi connectivity index (χ0v) is 12.5. The van der Waals surface area contributed by atoms with E-state index in [4.69, 9.17) is 4.74 Å². The number of carbonyl (C=O) groups excluding carboxylic acids is 2. The molecule has 0 spiro atoms. The summed E-state index contributed by atoms with van der Waals surface area (Å²) in [5.41, 5.74) is 1.23. The van der Waals surface area contributed by atoms with Gasteiger partial charge in [-0.2, -0.15) is 0 Å². The van der Waals surface area contributed by atoms with E-state index >= 15 is 0 Å². The van der Waals surface area contributed by atoms with Gasteiger partial charge >= 0.3 is 5.97 Å². The van der Waals surface area contributed by atoms with Gasteiger partial charge in [-0.1, -0.05) is 18.2 Å². The predicted molar refractivity (Wildman–Crippen MR) is 87.1 cm³/mol. The van der Waals surface area contributed by atoms with Crippen molar-refractivity contribution in [2.75, 3.05) is 11.9 Å². The van der Waals surface area contributed by atoms with Crippen LogP contribution in [0.2, 0.25) is 0 Å². The Kier molecular flexibility index (Phi) is 4.47. The third kappa shape index (κ3) is 3.55. The second-order valence-electron chi connectivity index (χ2n) is 5.01. The van der Waals surface area contributed by atoms with Crippen molar-refractivity contribution < 1.29 is 18.7 Å². The Balaban J connectivity index is 1.64. The third-order valence-electron chi connectivity index (χ3n) is 3.31. The summed E-state index contributed by atoms with van der Waals surface area (Å²) in [5.74, 6) is -1.54. The van der Waals surface area contributed by atoms with Crippen LogP contribution in [0.3, 0.4) is 0 Å². The van der Waals surface area contributed by atoms with E-state index in [1.165, 1.54) is 24.3 Å². The molecular formula is C18H13FN2O3. The first-order valence-electron chi connectivity index (χ1n) is 7.20. The first-order chi connectivity index (χ1) is 11.6. The number of fused-ring (bicyclic) bond motifs is 1. The number of ether oxygens (including phenoxy) is 1. The Morgan fingerprint density at radius 1 is 1.04 bits per heavy atom. The highest BCUT2D eigenvalue weighted by Gasteiger charge is 2.14. The molecule has 1 amide bonds. The first-order valence-corrected chi connectivity index (χ1v) is 7.20. The molecule has 0 radical (unpaired) electrons. The van der Waals surface area contributed by atoms with Gasteiger partial charge in [0.05, 0.1) is 11.1 Å². The zero-order chi connectivity index (χ0) is 16.9. The molecule has 0 fully saturated rings. The van der Waals surface area contributed by atoms with Gasteiger partial charge in [0.25, 0.3) is 5.91 Å². The van der Waals surface area contributed by atoms with E-state index in [0.717, 1.165) is 5.39 Å². The highest BCUT2D eigenvalue weighted by Crippen LogP contribution is 2.16. The van der Waals surface area contributed by atoms with Gasteiger partial charge in [-0.3, -0.25) is 9.78 Å². The summed E-state index contributed by atoms with van der Waals surface area (Å²) in [4.78, 5) is 28.1. The number of nitrogens with zero attached hydrogens (tertiary/aromatic N) is 1. The van der Waals surface area contributed by atoms with Crippen molar-refractivity contribution in [3.05, 3.63) is 72.2 Å². The van der Waals surface area contributed by atoms with Gasteiger partial charge in [-0.15, -0.1) is 0 Å². The molecule has 24 heavy (non-hydrogen) atoms. The van der Waals surface area contributed by atoms with Crippen molar-refractivity contribution in [1.29, 1.82) is 0 Å². The lowest BCUT2D eigenvalue weighted by molar-refractivity contribution is -0.119. The van der Waals surface area contributed by atoms with Crippen molar-refractivity contribution in [3.63, 3.8) is 0 Å². The Morgan fingerprint density at radius 3 is 2.58 bits per heavy atom. The maximum atomic E-state index is 12.8. The second-order valence-corrected chi connectivity index (χ2v) is 5.01. The molecule has 1 heterocycles. The van der Waals surface area contributed by atoms with Crippen LogP contribution >= 0.6 is 0 Å². The van der Waals surface area contributed by atoms with Gasteiger partial charge in [-0.25, -0.2) is 9.18 Å². The monoisotopic (exact) mass is 324 g/mol. The summed E-state index contributed by atoms with van der Waals surface area (Å²) < 4.78 is 17.8. The molecule has 0 saturated heterocycles. The van der Waals surface area contributed by atoms with Crippen LogP contribution in [-0.2, 0) is 9.53 Å². The van der Waals surface area contributed by atoms with Crippen LogP contribution in [-0.4, -0.2) is 23.5 Å². The highest BCUT2D eigenvalue weighted by atomic mass is 19.1. The average Bonchev–Trinajstić information content (AvgIpc) is 2.61. The number of esters is 1. The number of rotatable bonds is 4. The fourth-order valence-electron chi connectivity index (χ4n) is 2.21. The summed E-state index contributed by atoms with van der Waals surface area (Å²) in [7, 11) is 0. The summed E-state index contributed by atoms with van der Waals surface area (Å²) in [5, 5.41) is 3.32. The van der Waals surface area contributed by atoms with E-state index in [2.05, 4.69) is 10.3 Å². The van der Waals surface area contributed by atoms with Crippen LogP contribution in [0.5, 0.6) is 0 Å². The molecule has 0 saturated carbocycles. The number of para-hydroxylation sites is 1. The van der Waals surface area contributed by atoms with E-state index < -0.39 is 24.3 Å². The number of aromatic nitrogens is 1. The number of benzene rings is 2. The number of hydrogen-bond acceptors (Lipinski definition) is 4. The van der Waals surface area contributed by atoms with Gasteiger partial charge in [0.1, 0.15) is 5.82 Å². The van der Waals surface area contributed by atoms with Crippen LogP contribution in [0, 0.1) is 5.82 Å². The molecule has 120 valence electrons. The topological polar surface area (TPSA) is 68.3 Å². The quantitative estimate of drug-likeness (QED) is 0.749. The van der Waals surface area contributed by atoms with Crippen LogP contribution in [0.15, 0.2) is 60.8 Å². The summed E-state index contributed by atoms with van der Waals surface area (Å²) in [6.07, 6.45) is 1.58. The van der Waals surface area contributed by atoms with Crippen LogP contribution in [0.25, 0.3) is 10.9 Å². The normalized spacial score (nSPS) is 10.4. The molecule has 1 aromatic heterocycles. The summed E-state index contributed by atoms with van der Waals surface area (Å²) in [6, 6.07) is 14.0. The minimum atomic E-state index is -0.631. The largest absolute Gasteiger partial charge is 0.452 e. The van der Waals surface area contributed by atoms with Gasteiger partial charge in [0.15, 0.2) is 6.61 Å². The molecule has 0 aliphatic heterocycles. The van der Waals surface area contributed by atoms with Crippen LogP contribution in [0.4, 0.5) is 10.1 Å². The lowest BCUT2D eigenvalue weighted by Crippen LogP contribution is -2.21. The standard InChI is InChI=1S/C18H13FN2O3/c19-13-6-8-14(9-7-13)21-16(22)11-24-18(23)15-5-1-3-12-4-2-10-20-17(12)15/h1-10H,11H2,(H,21,22). The number of hydrogen-bond donors (Lipinski definition) is 1. The van der Waals surface area contributed by atoms with Crippen LogP contribution < -0.4 is 5.32 Å². The second kappa shape index (κ2) is 6.87. The minimum absolute atomic E-state index is 0.294. The number of amides is 1. The molecule has 1 N–H and O–H groups in total. The first kappa shape index (κ1) is 15.6. The number of anilines is 1. The SMILES string of the molecule is O=C(COC(=O)c1cccc2cccnc12)Nc1ccc(F)cc1. The number of pyridine rings is 1. The van der Waals surface area contributed by atoms with E-state index in [1.54, 1.807) is 24.4 Å². The third-order valence-corrected chi connectivity index (χ3v) is 3.31. The lowest BCUT2D eigenvalue weighted by Gasteiger charge is -2.08. The molecule has 3 rings (SSSR count). The van der Waals surface area contributed by atoms with Crippen molar-refractivity contribution in [2.24, 2.45) is 0 Å². The van der Waals surface area contributed by atoms with E-state index in [0.29, 0.717) is 16.8 Å². The molecule has 0 aliphatic rings. The smallest absolute Gasteiger partial charge is 0.340 e. The molecule has 2 aromatic carbocycles. The van der Waals surface area contributed by atoms with E-state index in [9.17, 15) is 14.0 Å². The molecule has 0 atom stereocenters.